The summed E-state index contributed by atoms with van der Waals surface area (Å²) in [5.74, 6) is 0.674. The first-order chi connectivity index (χ1) is 9.38. The highest BCUT2D eigenvalue weighted by Gasteiger charge is 2.39. The van der Waals surface area contributed by atoms with Gasteiger partial charge in [0.15, 0.2) is 0 Å². The third-order valence-electron chi connectivity index (χ3n) is 3.29. The average Bonchev–Trinajstić information content (AvgIpc) is 2.39. The van der Waals surface area contributed by atoms with Crippen LogP contribution in [0.25, 0.3) is 0 Å². The highest BCUT2D eigenvalue weighted by molar-refractivity contribution is 7.89. The van der Waals surface area contributed by atoms with Gasteiger partial charge in [-0.05, 0) is 45.0 Å². The van der Waals surface area contributed by atoms with Crippen molar-refractivity contribution in [2.24, 2.45) is 0 Å². The molecule has 0 atom stereocenters. The lowest BCUT2D eigenvalue weighted by Crippen LogP contribution is -2.55. The molecule has 20 heavy (non-hydrogen) atoms. The molecule has 0 N–H and O–H groups in total. The third-order valence-corrected chi connectivity index (χ3v) is 5.42. The number of morpholine rings is 1. The Balaban J connectivity index is 2.29. The molecule has 0 spiro atoms. The van der Waals surface area contributed by atoms with Crippen LogP contribution in [-0.2, 0) is 14.8 Å². The molecule has 0 bridgehead atoms. The molecule has 112 valence electrons. The predicted molar refractivity (Wildman–Crippen MR) is 76.4 cm³/mol. The van der Waals surface area contributed by atoms with E-state index < -0.39 is 15.6 Å². The molecule has 0 aliphatic carbocycles. The SMILES string of the molecule is CCOc1ccc(S(=O)(=O)N2CCOCC2(C)C)cc1. The zero-order chi connectivity index (χ0) is 14.8. The summed E-state index contributed by atoms with van der Waals surface area (Å²) >= 11 is 0. The van der Waals surface area contributed by atoms with E-state index in [1.54, 1.807) is 24.3 Å². The van der Waals surface area contributed by atoms with Crippen molar-refractivity contribution in [2.45, 2.75) is 31.2 Å². The minimum absolute atomic E-state index is 0.288. The van der Waals surface area contributed by atoms with Crippen LogP contribution in [0.5, 0.6) is 5.75 Å². The van der Waals surface area contributed by atoms with Crippen molar-refractivity contribution in [3.8, 4) is 5.75 Å². The van der Waals surface area contributed by atoms with Crippen molar-refractivity contribution in [3.05, 3.63) is 24.3 Å². The molecule has 1 aliphatic heterocycles. The third kappa shape index (κ3) is 2.97. The molecule has 6 heteroatoms. The van der Waals surface area contributed by atoms with Gasteiger partial charge < -0.3 is 9.47 Å². The van der Waals surface area contributed by atoms with E-state index in [1.165, 1.54) is 4.31 Å². The normalized spacial score (nSPS) is 19.8. The number of hydrogen-bond acceptors (Lipinski definition) is 4. The summed E-state index contributed by atoms with van der Waals surface area (Å²) in [4.78, 5) is 0.288. The van der Waals surface area contributed by atoms with E-state index in [4.69, 9.17) is 9.47 Å². The Morgan fingerprint density at radius 1 is 1.30 bits per heavy atom. The molecule has 1 aromatic rings. The van der Waals surface area contributed by atoms with Gasteiger partial charge in [-0.2, -0.15) is 4.31 Å². The van der Waals surface area contributed by atoms with E-state index in [2.05, 4.69) is 0 Å². The minimum atomic E-state index is -3.50. The van der Waals surface area contributed by atoms with E-state index in [0.717, 1.165) is 0 Å². The Bertz CT molecular complexity index is 551. The van der Waals surface area contributed by atoms with Gasteiger partial charge in [0.1, 0.15) is 5.75 Å². The molecule has 1 aliphatic rings. The fraction of sp³-hybridized carbons (Fsp3) is 0.571. The van der Waals surface area contributed by atoms with Crippen molar-refractivity contribution in [1.82, 2.24) is 4.31 Å². The van der Waals surface area contributed by atoms with Crippen molar-refractivity contribution >= 4 is 10.0 Å². The van der Waals surface area contributed by atoms with Crippen molar-refractivity contribution in [1.29, 1.82) is 0 Å². The van der Waals surface area contributed by atoms with Crippen molar-refractivity contribution in [2.75, 3.05) is 26.4 Å². The highest BCUT2D eigenvalue weighted by Crippen LogP contribution is 2.28. The standard InChI is InChI=1S/C14H21NO4S/c1-4-19-12-5-7-13(8-6-12)20(16,17)15-9-10-18-11-14(15,2)3/h5-8H,4,9-11H2,1-3H3. The first-order valence-corrected chi connectivity index (χ1v) is 8.15. The number of sulfonamides is 1. The summed E-state index contributed by atoms with van der Waals surface area (Å²) in [6.45, 7) is 7.41. The molecular weight excluding hydrogens is 278 g/mol. The number of nitrogens with zero attached hydrogens (tertiary/aromatic N) is 1. The van der Waals surface area contributed by atoms with E-state index in [-0.39, 0.29) is 4.90 Å². The number of rotatable bonds is 4. The largest absolute Gasteiger partial charge is 0.494 e. The minimum Gasteiger partial charge on any atom is -0.494 e. The first kappa shape index (κ1) is 15.3. The summed E-state index contributed by atoms with van der Waals surface area (Å²) in [7, 11) is -3.50. The van der Waals surface area contributed by atoms with Crippen LogP contribution in [0.2, 0.25) is 0 Å². The average molecular weight is 299 g/mol. The summed E-state index contributed by atoms with van der Waals surface area (Å²) in [6, 6.07) is 6.55. The Labute approximate surface area is 120 Å². The zero-order valence-electron chi connectivity index (χ0n) is 12.1. The molecule has 0 radical (unpaired) electrons. The van der Waals surface area contributed by atoms with Gasteiger partial charge in [-0.1, -0.05) is 0 Å². The van der Waals surface area contributed by atoms with Crippen LogP contribution in [0.3, 0.4) is 0 Å². The van der Waals surface area contributed by atoms with Crippen LogP contribution in [0.4, 0.5) is 0 Å². The number of ether oxygens (including phenoxy) is 2. The lowest BCUT2D eigenvalue weighted by molar-refractivity contribution is -0.00770. The Morgan fingerprint density at radius 3 is 2.50 bits per heavy atom. The van der Waals surface area contributed by atoms with Gasteiger partial charge in [0.25, 0.3) is 0 Å². The lowest BCUT2D eigenvalue weighted by Gasteiger charge is -2.40. The molecule has 0 saturated carbocycles. The topological polar surface area (TPSA) is 55.8 Å². The predicted octanol–water partition coefficient (Wildman–Crippen LogP) is 1.88. The second-order valence-corrected chi connectivity index (χ2v) is 7.21. The second-order valence-electron chi connectivity index (χ2n) is 5.35. The molecule has 0 aromatic heterocycles. The van der Waals surface area contributed by atoms with Gasteiger partial charge in [0.2, 0.25) is 10.0 Å². The van der Waals surface area contributed by atoms with Gasteiger partial charge in [-0.15, -0.1) is 0 Å². The monoisotopic (exact) mass is 299 g/mol. The fourth-order valence-electron chi connectivity index (χ4n) is 2.29. The molecular formula is C14H21NO4S. The van der Waals surface area contributed by atoms with Crippen LogP contribution >= 0.6 is 0 Å². The molecule has 1 aromatic carbocycles. The smallest absolute Gasteiger partial charge is 0.243 e. The highest BCUT2D eigenvalue weighted by atomic mass is 32.2. The number of benzene rings is 1. The summed E-state index contributed by atoms with van der Waals surface area (Å²) in [6.07, 6.45) is 0. The summed E-state index contributed by atoms with van der Waals surface area (Å²) in [5, 5.41) is 0. The van der Waals surface area contributed by atoms with Gasteiger partial charge in [0.05, 0.1) is 30.3 Å². The van der Waals surface area contributed by atoms with Crippen LogP contribution in [-0.4, -0.2) is 44.6 Å². The molecule has 5 nitrogen and oxygen atoms in total. The maximum atomic E-state index is 12.7. The second kappa shape index (κ2) is 5.71. The van der Waals surface area contributed by atoms with Gasteiger partial charge in [0, 0.05) is 6.54 Å². The van der Waals surface area contributed by atoms with Crippen LogP contribution < -0.4 is 4.74 Å². The van der Waals surface area contributed by atoms with E-state index >= 15 is 0 Å². The molecule has 1 fully saturated rings. The molecule has 0 unspecified atom stereocenters. The first-order valence-electron chi connectivity index (χ1n) is 6.71. The van der Waals surface area contributed by atoms with Gasteiger partial charge in [-0.3, -0.25) is 0 Å². The van der Waals surface area contributed by atoms with Crippen molar-refractivity contribution < 1.29 is 17.9 Å². The van der Waals surface area contributed by atoms with Gasteiger partial charge >= 0.3 is 0 Å². The lowest BCUT2D eigenvalue weighted by atomic mass is 10.1. The Kier molecular flexibility index (Phi) is 4.36. The fourth-order valence-corrected chi connectivity index (χ4v) is 4.04. The molecule has 1 saturated heterocycles. The molecule has 0 amide bonds. The van der Waals surface area contributed by atoms with Gasteiger partial charge in [-0.25, -0.2) is 8.42 Å². The van der Waals surface area contributed by atoms with E-state index in [0.29, 0.717) is 32.1 Å². The summed E-state index contributed by atoms with van der Waals surface area (Å²) in [5.41, 5.74) is -0.532. The van der Waals surface area contributed by atoms with E-state index in [1.807, 2.05) is 20.8 Å². The summed E-state index contributed by atoms with van der Waals surface area (Å²) < 4.78 is 37.6. The molecule has 2 rings (SSSR count). The van der Waals surface area contributed by atoms with E-state index in [9.17, 15) is 8.42 Å². The van der Waals surface area contributed by atoms with Crippen LogP contribution in [0.15, 0.2) is 29.2 Å². The maximum Gasteiger partial charge on any atom is 0.243 e. The Hall–Kier alpha value is -1.11. The van der Waals surface area contributed by atoms with Crippen LogP contribution in [0, 0.1) is 0 Å². The van der Waals surface area contributed by atoms with Crippen LogP contribution in [0.1, 0.15) is 20.8 Å². The zero-order valence-corrected chi connectivity index (χ0v) is 12.9. The molecule has 1 heterocycles. The van der Waals surface area contributed by atoms with Crippen molar-refractivity contribution in [3.63, 3.8) is 0 Å². The Morgan fingerprint density at radius 2 is 1.95 bits per heavy atom. The maximum absolute atomic E-state index is 12.7. The quantitative estimate of drug-likeness (QED) is 0.852. The number of hydrogen-bond donors (Lipinski definition) is 0.